The molecule has 0 fully saturated rings. The fourth-order valence-corrected chi connectivity index (χ4v) is 0.531. The molecule has 0 heterocycles. The average Bonchev–Trinajstić information content (AvgIpc) is 2.02. The molecular weight excluding hydrogens is 148 g/mol. The van der Waals surface area contributed by atoms with Crippen LogP contribution in [0.3, 0.4) is 0 Å². The molecule has 0 amide bonds. The van der Waals surface area contributed by atoms with Crippen molar-refractivity contribution >= 4 is 6.47 Å². The highest BCUT2D eigenvalue weighted by molar-refractivity contribution is 5.32. The second kappa shape index (κ2) is 12.1. The van der Waals surface area contributed by atoms with Crippen molar-refractivity contribution in [3.8, 4) is 0 Å². The van der Waals surface area contributed by atoms with E-state index in [1.165, 1.54) is 0 Å². The van der Waals surface area contributed by atoms with Gasteiger partial charge in [0.2, 0.25) is 0 Å². The molecule has 1 unspecified atom stereocenters. The first-order chi connectivity index (χ1) is 5.22. The highest BCUT2D eigenvalue weighted by Crippen LogP contribution is 1.97. The smallest absolute Gasteiger partial charge is 0.290 e. The summed E-state index contributed by atoms with van der Waals surface area (Å²) in [6, 6.07) is 0. The summed E-state index contributed by atoms with van der Waals surface area (Å²) in [5.74, 6) is 0. The van der Waals surface area contributed by atoms with E-state index < -0.39 is 6.10 Å². The van der Waals surface area contributed by atoms with Gasteiger partial charge < -0.3 is 15.3 Å². The summed E-state index contributed by atoms with van der Waals surface area (Å²) in [6.07, 6.45) is 2.32. The Balaban J connectivity index is 0. The van der Waals surface area contributed by atoms with E-state index in [1.807, 2.05) is 0 Å². The van der Waals surface area contributed by atoms with E-state index >= 15 is 0 Å². The summed E-state index contributed by atoms with van der Waals surface area (Å²) in [4.78, 5) is 8.36. The molecule has 1 atom stereocenters. The monoisotopic (exact) mass is 164 g/mol. The summed E-state index contributed by atoms with van der Waals surface area (Å²) < 4.78 is 0. The number of hydrogen-bond donors (Lipinski definition) is 3. The number of aliphatic hydroxyl groups excluding tert-OH is 2. The van der Waals surface area contributed by atoms with Crippen molar-refractivity contribution in [1.82, 2.24) is 0 Å². The van der Waals surface area contributed by atoms with E-state index in [-0.39, 0.29) is 13.1 Å². The molecule has 0 aromatic heterocycles. The van der Waals surface area contributed by atoms with Crippen LogP contribution in [-0.2, 0) is 4.79 Å². The summed E-state index contributed by atoms with van der Waals surface area (Å²) in [5, 5.41) is 23.9. The van der Waals surface area contributed by atoms with E-state index in [1.54, 1.807) is 0 Å². The lowest BCUT2D eigenvalue weighted by Crippen LogP contribution is -2.10. The minimum atomic E-state index is -0.491. The van der Waals surface area contributed by atoms with Crippen LogP contribution in [0.15, 0.2) is 0 Å². The highest BCUT2D eigenvalue weighted by Gasteiger charge is 1.97. The van der Waals surface area contributed by atoms with Crippen molar-refractivity contribution in [3.05, 3.63) is 0 Å². The van der Waals surface area contributed by atoms with E-state index in [4.69, 9.17) is 20.1 Å². The number of aliphatic hydroxyl groups is 2. The molecule has 0 saturated heterocycles. The molecule has 11 heavy (non-hydrogen) atoms. The first kappa shape index (κ1) is 13.0. The van der Waals surface area contributed by atoms with Crippen molar-refractivity contribution in [2.45, 2.75) is 32.3 Å². The van der Waals surface area contributed by atoms with Crippen LogP contribution in [0.2, 0.25) is 0 Å². The molecule has 0 aliphatic rings. The van der Waals surface area contributed by atoms with Crippen molar-refractivity contribution in [2.75, 3.05) is 6.61 Å². The van der Waals surface area contributed by atoms with Gasteiger partial charge in [0.05, 0.1) is 12.7 Å². The Morgan fingerprint density at radius 3 is 2.27 bits per heavy atom. The molecule has 3 N–H and O–H groups in total. The Hall–Kier alpha value is -0.610. The van der Waals surface area contributed by atoms with Gasteiger partial charge in [-0.3, -0.25) is 4.79 Å². The lowest BCUT2D eigenvalue weighted by atomic mass is 10.2. The Bertz CT molecular complexity index is 74.8. The van der Waals surface area contributed by atoms with Gasteiger partial charge in [0.15, 0.2) is 0 Å². The maximum Gasteiger partial charge on any atom is 0.290 e. The minimum absolute atomic E-state index is 0.0972. The number of carboxylic acid groups (broad SMARTS) is 1. The summed E-state index contributed by atoms with van der Waals surface area (Å²) in [6.45, 7) is 1.71. The van der Waals surface area contributed by atoms with Crippen LogP contribution in [-0.4, -0.2) is 34.5 Å². The van der Waals surface area contributed by atoms with Crippen LogP contribution < -0.4 is 0 Å². The van der Waals surface area contributed by atoms with E-state index in [0.29, 0.717) is 0 Å². The molecule has 0 radical (unpaired) electrons. The Morgan fingerprint density at radius 1 is 1.55 bits per heavy atom. The number of unbranched alkanes of at least 4 members (excludes halogenated alkanes) is 1. The first-order valence-corrected chi connectivity index (χ1v) is 3.59. The van der Waals surface area contributed by atoms with Crippen molar-refractivity contribution < 1.29 is 20.1 Å². The molecule has 0 rings (SSSR count). The molecule has 0 aromatic carbocycles. The van der Waals surface area contributed by atoms with Gasteiger partial charge in [0.1, 0.15) is 0 Å². The largest absolute Gasteiger partial charge is 0.483 e. The summed E-state index contributed by atoms with van der Waals surface area (Å²) in [7, 11) is 0. The average molecular weight is 164 g/mol. The summed E-state index contributed by atoms with van der Waals surface area (Å²) in [5.41, 5.74) is 0. The van der Waals surface area contributed by atoms with E-state index in [9.17, 15) is 0 Å². The number of carbonyl (C=O) groups is 1. The molecule has 0 spiro atoms. The maximum absolute atomic E-state index is 8.74. The van der Waals surface area contributed by atoms with Gasteiger partial charge in [-0.1, -0.05) is 19.8 Å². The normalized spacial score (nSPS) is 11.2. The van der Waals surface area contributed by atoms with Crippen LogP contribution in [0.5, 0.6) is 0 Å². The zero-order chi connectivity index (χ0) is 9.11. The first-order valence-electron chi connectivity index (χ1n) is 3.59. The predicted octanol–water partition coefficient (Wildman–Crippen LogP) is 0.231. The minimum Gasteiger partial charge on any atom is -0.483 e. The Kier molecular flexibility index (Phi) is 14.3. The molecule has 0 saturated carbocycles. The highest BCUT2D eigenvalue weighted by atomic mass is 16.3. The third kappa shape index (κ3) is 17.7. The third-order valence-corrected chi connectivity index (χ3v) is 1.10. The van der Waals surface area contributed by atoms with Gasteiger partial charge in [0, 0.05) is 0 Å². The van der Waals surface area contributed by atoms with Gasteiger partial charge in [-0.15, -0.1) is 0 Å². The second-order valence-corrected chi connectivity index (χ2v) is 2.08. The van der Waals surface area contributed by atoms with Gasteiger partial charge in [-0.25, -0.2) is 0 Å². The molecule has 4 nitrogen and oxygen atoms in total. The Labute approximate surface area is 66.5 Å². The molecule has 0 aromatic rings. The van der Waals surface area contributed by atoms with E-state index in [0.717, 1.165) is 19.3 Å². The predicted molar refractivity (Wildman–Crippen MR) is 41.3 cm³/mol. The van der Waals surface area contributed by atoms with Crippen LogP contribution >= 0.6 is 0 Å². The number of hydrogen-bond acceptors (Lipinski definition) is 3. The topological polar surface area (TPSA) is 77.8 Å². The van der Waals surface area contributed by atoms with Crippen molar-refractivity contribution in [1.29, 1.82) is 0 Å². The molecule has 0 aliphatic heterocycles. The standard InChI is InChI=1S/C6H14O2.CH2O2/c1-2-3-4-6(8)5-7;2-1-3/h6-8H,2-5H2,1H3;1H,(H,2,3). The lowest BCUT2D eigenvalue weighted by molar-refractivity contribution is -0.122. The van der Waals surface area contributed by atoms with Crippen molar-refractivity contribution in [2.24, 2.45) is 0 Å². The SMILES string of the molecule is CCCCC(O)CO.O=CO. The molecule has 0 aliphatic carbocycles. The molecule has 68 valence electrons. The lowest BCUT2D eigenvalue weighted by Gasteiger charge is -2.02. The zero-order valence-electron chi connectivity index (χ0n) is 6.73. The van der Waals surface area contributed by atoms with Gasteiger partial charge in [-0.2, -0.15) is 0 Å². The fourth-order valence-electron chi connectivity index (χ4n) is 0.531. The summed E-state index contributed by atoms with van der Waals surface area (Å²) >= 11 is 0. The van der Waals surface area contributed by atoms with Crippen LogP contribution in [0.1, 0.15) is 26.2 Å². The third-order valence-electron chi connectivity index (χ3n) is 1.10. The second-order valence-electron chi connectivity index (χ2n) is 2.08. The van der Waals surface area contributed by atoms with Gasteiger partial charge >= 0.3 is 0 Å². The fraction of sp³-hybridized carbons (Fsp3) is 0.857. The molecule has 0 bridgehead atoms. The van der Waals surface area contributed by atoms with Crippen LogP contribution in [0, 0.1) is 0 Å². The number of rotatable bonds is 4. The molecular formula is C7H16O4. The molecule has 4 heteroatoms. The zero-order valence-corrected chi connectivity index (χ0v) is 6.73. The maximum atomic E-state index is 8.74. The van der Waals surface area contributed by atoms with E-state index in [2.05, 4.69) is 6.92 Å². The Morgan fingerprint density at radius 2 is 2.00 bits per heavy atom. The van der Waals surface area contributed by atoms with Crippen molar-refractivity contribution in [3.63, 3.8) is 0 Å². The van der Waals surface area contributed by atoms with Gasteiger partial charge in [-0.05, 0) is 6.42 Å². The van der Waals surface area contributed by atoms with Gasteiger partial charge in [0.25, 0.3) is 6.47 Å². The van der Waals surface area contributed by atoms with Crippen LogP contribution in [0.25, 0.3) is 0 Å². The van der Waals surface area contributed by atoms with Crippen LogP contribution in [0.4, 0.5) is 0 Å². The quantitative estimate of drug-likeness (QED) is 0.520.